The largest absolute Gasteiger partial charge is 0.493 e. The number of carbonyl (C=O) groups excluding carboxylic acids is 1. The fourth-order valence-corrected chi connectivity index (χ4v) is 1.97. The third kappa shape index (κ3) is 2.78. The molecule has 1 atom stereocenters. The molecule has 90 valence electrons. The lowest BCUT2D eigenvalue weighted by atomic mass is 10.7. The summed E-state index contributed by atoms with van der Waals surface area (Å²) in [6.07, 6.45) is 0. The monoisotopic (exact) mass is 284 g/mol. The molecule has 0 fully saturated rings. The quantitative estimate of drug-likeness (QED) is 0.547. The predicted octanol–water partition coefficient (Wildman–Crippen LogP) is 0.776. The van der Waals surface area contributed by atoms with E-state index in [1.807, 2.05) is 5.32 Å². The summed E-state index contributed by atoms with van der Waals surface area (Å²) >= 11 is 5.69. The number of hydrogen-bond donors (Lipinski definition) is 3. The van der Waals surface area contributed by atoms with Gasteiger partial charge in [0.25, 0.3) is 10.1 Å². The highest BCUT2D eigenvalue weighted by atomic mass is 32.2. The van der Waals surface area contributed by atoms with Gasteiger partial charge in [-0.25, -0.2) is 9.36 Å². The van der Waals surface area contributed by atoms with E-state index in [0.29, 0.717) is 0 Å². The molecule has 0 aliphatic heterocycles. The molecule has 0 saturated carbocycles. The van der Waals surface area contributed by atoms with Crippen molar-refractivity contribution in [3.63, 3.8) is 0 Å². The highest BCUT2D eigenvalue weighted by Gasteiger charge is 2.21. The van der Waals surface area contributed by atoms with Gasteiger partial charge < -0.3 is 10.4 Å². The SMILES string of the molecule is CC(NC(=O)n1c(O)csc1=S)S(=O)(=O)O. The number of nitrogens with one attached hydrogen (secondary N) is 1. The molecule has 1 amide bonds. The Morgan fingerprint density at radius 1 is 1.69 bits per heavy atom. The van der Waals surface area contributed by atoms with E-state index in [2.05, 4.69) is 0 Å². The summed E-state index contributed by atoms with van der Waals surface area (Å²) in [6.45, 7) is 1.08. The summed E-state index contributed by atoms with van der Waals surface area (Å²) in [5.74, 6) is -0.393. The molecule has 10 heteroatoms. The van der Waals surface area contributed by atoms with Crippen molar-refractivity contribution in [2.75, 3.05) is 0 Å². The number of carbonyl (C=O) groups is 1. The highest BCUT2D eigenvalue weighted by Crippen LogP contribution is 2.16. The van der Waals surface area contributed by atoms with Gasteiger partial charge in [-0.15, -0.1) is 11.3 Å². The second-order valence-electron chi connectivity index (χ2n) is 2.80. The Labute approximate surface area is 100 Å². The minimum absolute atomic E-state index is 0.0672. The third-order valence-electron chi connectivity index (χ3n) is 1.65. The Morgan fingerprint density at radius 3 is 2.62 bits per heavy atom. The van der Waals surface area contributed by atoms with Crippen LogP contribution in [0.5, 0.6) is 5.88 Å². The van der Waals surface area contributed by atoms with Crippen LogP contribution in [0.4, 0.5) is 4.79 Å². The molecule has 1 rings (SSSR count). The van der Waals surface area contributed by atoms with Gasteiger partial charge in [-0.1, -0.05) is 0 Å². The van der Waals surface area contributed by atoms with Crippen LogP contribution in [-0.4, -0.2) is 34.0 Å². The fourth-order valence-electron chi connectivity index (χ4n) is 0.802. The van der Waals surface area contributed by atoms with Gasteiger partial charge in [0.2, 0.25) is 5.88 Å². The van der Waals surface area contributed by atoms with Crippen molar-refractivity contribution in [3.8, 4) is 5.88 Å². The van der Waals surface area contributed by atoms with E-state index < -0.39 is 27.4 Å². The topological polar surface area (TPSA) is 109 Å². The predicted molar refractivity (Wildman–Crippen MR) is 59.7 cm³/mol. The van der Waals surface area contributed by atoms with Crippen molar-refractivity contribution in [2.45, 2.75) is 12.3 Å². The molecule has 0 radical (unpaired) electrons. The van der Waals surface area contributed by atoms with Crippen LogP contribution in [0.2, 0.25) is 0 Å². The van der Waals surface area contributed by atoms with Crippen LogP contribution in [0, 0.1) is 3.95 Å². The van der Waals surface area contributed by atoms with Gasteiger partial charge in [-0.3, -0.25) is 4.55 Å². The molecule has 1 unspecified atom stereocenters. The molecule has 3 N–H and O–H groups in total. The van der Waals surface area contributed by atoms with Crippen molar-refractivity contribution in [1.29, 1.82) is 0 Å². The first-order valence-corrected chi connectivity index (χ1v) is 6.69. The van der Waals surface area contributed by atoms with Crippen LogP contribution in [0.3, 0.4) is 0 Å². The second kappa shape index (κ2) is 4.49. The molecule has 0 aromatic carbocycles. The summed E-state index contributed by atoms with van der Waals surface area (Å²) in [5.41, 5.74) is 0. The van der Waals surface area contributed by atoms with E-state index in [1.165, 1.54) is 5.38 Å². The lowest BCUT2D eigenvalue weighted by molar-refractivity contribution is 0.238. The van der Waals surface area contributed by atoms with E-state index in [4.69, 9.17) is 16.8 Å². The third-order valence-corrected chi connectivity index (χ3v) is 3.85. The molecule has 0 aliphatic carbocycles. The maximum Gasteiger partial charge on any atom is 0.331 e. The molecule has 0 aliphatic rings. The van der Waals surface area contributed by atoms with Gasteiger partial charge in [-0.2, -0.15) is 8.42 Å². The summed E-state index contributed by atoms with van der Waals surface area (Å²) in [4.78, 5) is 11.5. The molecule has 7 nitrogen and oxygen atoms in total. The Kier molecular flexibility index (Phi) is 3.68. The zero-order chi connectivity index (χ0) is 12.5. The number of aromatic nitrogens is 1. The first-order chi connectivity index (χ1) is 7.23. The van der Waals surface area contributed by atoms with Crippen molar-refractivity contribution in [3.05, 3.63) is 9.33 Å². The summed E-state index contributed by atoms with van der Waals surface area (Å²) < 4.78 is 30.7. The number of amides is 1. The Bertz CT molecular complexity index is 557. The van der Waals surface area contributed by atoms with Gasteiger partial charge in [0.15, 0.2) is 9.33 Å². The lowest BCUT2D eigenvalue weighted by Crippen LogP contribution is -2.40. The van der Waals surface area contributed by atoms with Gasteiger partial charge in [-0.05, 0) is 19.1 Å². The molecule has 0 saturated heterocycles. The first-order valence-electron chi connectivity index (χ1n) is 3.90. The van der Waals surface area contributed by atoms with E-state index in [1.54, 1.807) is 0 Å². The average molecular weight is 284 g/mol. The Balaban J connectivity index is 2.94. The fraction of sp³-hybridized carbons (Fsp3) is 0.333. The number of nitrogens with zero attached hydrogens (tertiary/aromatic N) is 1. The van der Waals surface area contributed by atoms with E-state index in [9.17, 15) is 18.3 Å². The molecular weight excluding hydrogens is 276 g/mol. The van der Waals surface area contributed by atoms with Crippen molar-refractivity contribution >= 4 is 39.7 Å². The van der Waals surface area contributed by atoms with Crippen LogP contribution in [-0.2, 0) is 10.1 Å². The minimum Gasteiger partial charge on any atom is -0.493 e. The standard InChI is InChI=1S/C6H8N2O5S3/c1-3(16(11,12)13)7-5(10)8-4(9)2-15-6(8)14/h2-3,9H,1H3,(H,7,10)(H,11,12,13). The van der Waals surface area contributed by atoms with Gasteiger partial charge in [0, 0.05) is 0 Å². The van der Waals surface area contributed by atoms with Gasteiger partial charge >= 0.3 is 6.03 Å². The summed E-state index contributed by atoms with van der Waals surface area (Å²) in [6, 6.07) is -0.922. The molecule has 1 aromatic rings. The van der Waals surface area contributed by atoms with Crippen LogP contribution in [0.1, 0.15) is 6.92 Å². The van der Waals surface area contributed by atoms with Crippen LogP contribution in [0.15, 0.2) is 5.38 Å². The minimum atomic E-state index is -4.37. The number of aromatic hydroxyl groups is 1. The maximum absolute atomic E-state index is 11.5. The van der Waals surface area contributed by atoms with E-state index in [0.717, 1.165) is 22.8 Å². The molecule has 1 heterocycles. The van der Waals surface area contributed by atoms with Crippen molar-refractivity contribution < 1.29 is 22.9 Å². The van der Waals surface area contributed by atoms with Crippen molar-refractivity contribution in [1.82, 2.24) is 9.88 Å². The lowest BCUT2D eigenvalue weighted by Gasteiger charge is -2.11. The summed E-state index contributed by atoms with van der Waals surface area (Å²) in [5, 5.41) is 11.0. The van der Waals surface area contributed by atoms with Crippen molar-refractivity contribution in [2.24, 2.45) is 0 Å². The summed E-state index contributed by atoms with van der Waals surface area (Å²) in [7, 11) is -4.37. The number of thiazole rings is 1. The van der Waals surface area contributed by atoms with Crippen LogP contribution < -0.4 is 5.32 Å². The zero-order valence-electron chi connectivity index (χ0n) is 7.95. The number of hydrogen-bond acceptors (Lipinski definition) is 6. The maximum atomic E-state index is 11.5. The second-order valence-corrected chi connectivity index (χ2v) is 6.04. The van der Waals surface area contributed by atoms with Crippen LogP contribution >= 0.6 is 23.6 Å². The Morgan fingerprint density at radius 2 is 2.25 bits per heavy atom. The smallest absolute Gasteiger partial charge is 0.331 e. The van der Waals surface area contributed by atoms with Gasteiger partial charge in [0.1, 0.15) is 0 Å². The molecular formula is C6H8N2O5S3. The zero-order valence-corrected chi connectivity index (χ0v) is 10.4. The number of rotatable bonds is 2. The van der Waals surface area contributed by atoms with Crippen LogP contribution in [0.25, 0.3) is 0 Å². The van der Waals surface area contributed by atoms with E-state index >= 15 is 0 Å². The molecule has 0 bridgehead atoms. The normalized spacial score (nSPS) is 13.4. The highest BCUT2D eigenvalue weighted by molar-refractivity contribution is 7.86. The van der Waals surface area contributed by atoms with E-state index in [-0.39, 0.29) is 3.95 Å². The first kappa shape index (κ1) is 13.1. The molecule has 16 heavy (non-hydrogen) atoms. The Hall–Kier alpha value is -0.970. The van der Waals surface area contributed by atoms with Gasteiger partial charge in [0.05, 0.1) is 5.38 Å². The average Bonchev–Trinajstić information content (AvgIpc) is 2.44. The molecule has 1 aromatic heterocycles. The molecule has 0 spiro atoms.